The lowest BCUT2D eigenvalue weighted by molar-refractivity contribution is -0.140. The lowest BCUT2D eigenvalue weighted by atomic mass is 10.1. The van der Waals surface area contributed by atoms with E-state index in [-0.39, 0.29) is 6.04 Å². The molecule has 0 aromatic heterocycles. The normalized spacial score (nSPS) is 13.8. The standard InChI is InChI=1S/C10H18BrNO4/c1-4-6-7(8(11)9(13)15-3)12-10(14)16-5-2/h7-8H,4-6H2,1-3H3,(H,12,14)/t7-,8-/m1/s1. The number of alkyl halides is 1. The molecule has 0 bridgehead atoms. The van der Waals surface area contributed by atoms with Gasteiger partial charge in [-0.2, -0.15) is 0 Å². The van der Waals surface area contributed by atoms with Crippen molar-refractivity contribution in [1.82, 2.24) is 5.32 Å². The van der Waals surface area contributed by atoms with Crippen LogP contribution in [0.1, 0.15) is 26.7 Å². The maximum absolute atomic E-state index is 11.3. The van der Waals surface area contributed by atoms with Crippen molar-refractivity contribution < 1.29 is 19.1 Å². The molecule has 0 saturated carbocycles. The zero-order valence-corrected chi connectivity index (χ0v) is 11.4. The maximum atomic E-state index is 11.3. The van der Waals surface area contributed by atoms with Crippen LogP contribution in [0.25, 0.3) is 0 Å². The summed E-state index contributed by atoms with van der Waals surface area (Å²) in [5, 5.41) is 2.62. The van der Waals surface area contributed by atoms with E-state index in [1.807, 2.05) is 6.92 Å². The molecule has 94 valence electrons. The fraction of sp³-hybridized carbons (Fsp3) is 0.800. The van der Waals surface area contributed by atoms with E-state index in [2.05, 4.69) is 26.0 Å². The van der Waals surface area contributed by atoms with Gasteiger partial charge in [-0.1, -0.05) is 29.3 Å². The van der Waals surface area contributed by atoms with Crippen LogP contribution in [0.3, 0.4) is 0 Å². The Bertz CT molecular complexity index is 235. The number of hydrogen-bond donors (Lipinski definition) is 1. The van der Waals surface area contributed by atoms with Gasteiger partial charge in [0.05, 0.1) is 19.8 Å². The van der Waals surface area contributed by atoms with Crippen LogP contribution in [-0.2, 0) is 14.3 Å². The summed E-state index contributed by atoms with van der Waals surface area (Å²) in [6.07, 6.45) is 0.995. The van der Waals surface area contributed by atoms with Crippen molar-refractivity contribution in [3.8, 4) is 0 Å². The molecule has 2 atom stereocenters. The molecule has 0 aromatic rings. The third-order valence-corrected chi connectivity index (χ3v) is 2.97. The summed E-state index contributed by atoms with van der Waals surface area (Å²) in [6, 6.07) is -0.323. The summed E-state index contributed by atoms with van der Waals surface area (Å²) < 4.78 is 9.36. The second-order valence-corrected chi connectivity index (χ2v) is 4.17. The molecule has 0 unspecified atom stereocenters. The lowest BCUT2D eigenvalue weighted by Crippen LogP contribution is -2.44. The molecule has 6 heteroatoms. The number of amides is 1. The first kappa shape index (κ1) is 15.2. The van der Waals surface area contributed by atoms with E-state index < -0.39 is 16.9 Å². The second kappa shape index (κ2) is 8.38. The second-order valence-electron chi connectivity index (χ2n) is 3.18. The molecule has 0 aromatic carbocycles. The number of esters is 1. The van der Waals surface area contributed by atoms with Crippen molar-refractivity contribution in [2.24, 2.45) is 0 Å². The molecule has 16 heavy (non-hydrogen) atoms. The molecule has 0 aliphatic carbocycles. The zero-order valence-electron chi connectivity index (χ0n) is 9.79. The van der Waals surface area contributed by atoms with E-state index in [0.717, 1.165) is 6.42 Å². The zero-order chi connectivity index (χ0) is 12.6. The van der Waals surface area contributed by atoms with E-state index in [1.165, 1.54) is 7.11 Å². The highest BCUT2D eigenvalue weighted by atomic mass is 79.9. The van der Waals surface area contributed by atoms with Crippen LogP contribution in [-0.4, -0.2) is 36.6 Å². The highest BCUT2D eigenvalue weighted by Gasteiger charge is 2.27. The van der Waals surface area contributed by atoms with Crippen molar-refractivity contribution in [2.75, 3.05) is 13.7 Å². The number of rotatable bonds is 6. The van der Waals surface area contributed by atoms with Crippen LogP contribution >= 0.6 is 15.9 Å². The van der Waals surface area contributed by atoms with Gasteiger partial charge >= 0.3 is 12.1 Å². The van der Waals surface area contributed by atoms with Crippen molar-refractivity contribution >= 4 is 28.0 Å². The summed E-state index contributed by atoms with van der Waals surface area (Å²) in [6.45, 7) is 3.99. The molecule has 1 amide bonds. The Hall–Kier alpha value is -0.780. The minimum Gasteiger partial charge on any atom is -0.468 e. The largest absolute Gasteiger partial charge is 0.468 e. The fourth-order valence-corrected chi connectivity index (χ4v) is 1.79. The number of nitrogens with one attached hydrogen (secondary N) is 1. The SMILES string of the molecule is CCC[C@@H](NC(=O)OCC)[C@@H](Br)C(=O)OC. The van der Waals surface area contributed by atoms with Gasteiger partial charge in [-0.25, -0.2) is 4.79 Å². The number of carbonyl (C=O) groups is 2. The number of carbonyl (C=O) groups excluding carboxylic acids is 2. The Morgan fingerprint density at radius 1 is 1.38 bits per heavy atom. The van der Waals surface area contributed by atoms with Gasteiger partial charge in [0.2, 0.25) is 0 Å². The minimum absolute atomic E-state index is 0.301. The highest BCUT2D eigenvalue weighted by molar-refractivity contribution is 9.10. The van der Waals surface area contributed by atoms with Crippen LogP contribution in [0, 0.1) is 0 Å². The molecule has 0 radical (unpaired) electrons. The van der Waals surface area contributed by atoms with Crippen molar-refractivity contribution in [2.45, 2.75) is 37.6 Å². The molecule has 0 rings (SSSR count). The first-order valence-electron chi connectivity index (χ1n) is 5.21. The van der Waals surface area contributed by atoms with Gasteiger partial charge < -0.3 is 14.8 Å². The average molecular weight is 296 g/mol. The molecular formula is C10H18BrNO4. The summed E-state index contributed by atoms with van der Waals surface area (Å²) in [7, 11) is 1.31. The molecular weight excluding hydrogens is 278 g/mol. The summed E-state index contributed by atoms with van der Waals surface area (Å²) in [5.74, 6) is -0.407. The van der Waals surface area contributed by atoms with Crippen LogP contribution in [0.2, 0.25) is 0 Å². The van der Waals surface area contributed by atoms with Gasteiger partial charge in [0.1, 0.15) is 4.83 Å². The molecule has 0 aliphatic heterocycles. The van der Waals surface area contributed by atoms with Crippen LogP contribution in [0.15, 0.2) is 0 Å². The third kappa shape index (κ3) is 5.34. The summed E-state index contributed by atoms with van der Waals surface area (Å²) in [5.41, 5.74) is 0. The fourth-order valence-electron chi connectivity index (χ4n) is 1.20. The predicted octanol–water partition coefficient (Wildman–Crippen LogP) is 1.84. The molecule has 1 N–H and O–H groups in total. The highest BCUT2D eigenvalue weighted by Crippen LogP contribution is 2.13. The van der Waals surface area contributed by atoms with Crippen LogP contribution in [0.4, 0.5) is 4.79 Å². The Morgan fingerprint density at radius 2 is 2.00 bits per heavy atom. The Balaban J connectivity index is 4.35. The molecule has 0 spiro atoms. The molecule has 0 heterocycles. The number of halogens is 1. The van der Waals surface area contributed by atoms with Gasteiger partial charge in [-0.15, -0.1) is 0 Å². The van der Waals surface area contributed by atoms with Gasteiger partial charge in [0, 0.05) is 0 Å². The van der Waals surface area contributed by atoms with Gasteiger partial charge in [-0.05, 0) is 13.3 Å². The predicted molar refractivity (Wildman–Crippen MR) is 63.6 cm³/mol. The molecule has 0 saturated heterocycles. The average Bonchev–Trinajstić information content (AvgIpc) is 2.26. The lowest BCUT2D eigenvalue weighted by Gasteiger charge is -2.21. The van der Waals surface area contributed by atoms with Crippen LogP contribution < -0.4 is 5.32 Å². The molecule has 5 nitrogen and oxygen atoms in total. The summed E-state index contributed by atoms with van der Waals surface area (Å²) >= 11 is 3.21. The number of alkyl carbamates (subject to hydrolysis) is 1. The van der Waals surface area contributed by atoms with E-state index in [4.69, 9.17) is 4.74 Å². The minimum atomic E-state index is -0.554. The topological polar surface area (TPSA) is 64.6 Å². The quantitative estimate of drug-likeness (QED) is 0.600. The number of hydrogen-bond acceptors (Lipinski definition) is 4. The Kier molecular flexibility index (Phi) is 7.97. The first-order chi connectivity index (χ1) is 7.56. The number of methoxy groups -OCH3 is 1. The van der Waals surface area contributed by atoms with Crippen molar-refractivity contribution in [3.05, 3.63) is 0 Å². The van der Waals surface area contributed by atoms with Gasteiger partial charge in [0.25, 0.3) is 0 Å². The molecule has 0 fully saturated rings. The smallest absolute Gasteiger partial charge is 0.407 e. The van der Waals surface area contributed by atoms with E-state index in [0.29, 0.717) is 13.0 Å². The summed E-state index contributed by atoms with van der Waals surface area (Å²) in [4.78, 5) is 22.0. The Morgan fingerprint density at radius 3 is 2.44 bits per heavy atom. The number of ether oxygens (including phenoxy) is 2. The maximum Gasteiger partial charge on any atom is 0.407 e. The van der Waals surface area contributed by atoms with Crippen molar-refractivity contribution in [3.63, 3.8) is 0 Å². The van der Waals surface area contributed by atoms with E-state index in [9.17, 15) is 9.59 Å². The van der Waals surface area contributed by atoms with E-state index >= 15 is 0 Å². The van der Waals surface area contributed by atoms with Gasteiger partial charge in [0.15, 0.2) is 0 Å². The third-order valence-electron chi connectivity index (χ3n) is 1.96. The van der Waals surface area contributed by atoms with Gasteiger partial charge in [-0.3, -0.25) is 4.79 Å². The monoisotopic (exact) mass is 295 g/mol. The van der Waals surface area contributed by atoms with Crippen molar-refractivity contribution in [1.29, 1.82) is 0 Å². The molecule has 0 aliphatic rings. The van der Waals surface area contributed by atoms with E-state index in [1.54, 1.807) is 6.92 Å². The van der Waals surface area contributed by atoms with Crippen LogP contribution in [0.5, 0.6) is 0 Å². The Labute approximate surface area is 104 Å². The first-order valence-corrected chi connectivity index (χ1v) is 6.13.